The second kappa shape index (κ2) is 17.5. The fourth-order valence-corrected chi connectivity index (χ4v) is 2.50. The quantitative estimate of drug-likeness (QED) is 0.180. The highest BCUT2D eigenvalue weighted by Crippen LogP contribution is 2.10. The minimum atomic E-state index is -0.212. The van der Waals surface area contributed by atoms with Crippen LogP contribution in [-0.2, 0) is 14.3 Å². The van der Waals surface area contributed by atoms with Crippen LogP contribution in [0.5, 0.6) is 0 Å². The molecule has 0 unspecified atom stereocenters. The maximum atomic E-state index is 10.7. The number of hydrogen-bond acceptors (Lipinski definition) is 3. The van der Waals surface area contributed by atoms with Crippen LogP contribution in [0.15, 0.2) is 0 Å². The smallest absolute Gasteiger partial charge is 0.302 e. The Balaban J connectivity index is 0. The van der Waals surface area contributed by atoms with Crippen molar-refractivity contribution in [2.45, 2.75) is 78.1 Å². The van der Waals surface area contributed by atoms with Gasteiger partial charge in [-0.1, -0.05) is 64.7 Å². The number of hydrogen-bond donors (Lipinski definition) is 0. The maximum absolute atomic E-state index is 10.7. The van der Waals surface area contributed by atoms with Gasteiger partial charge >= 0.3 is 5.97 Å². The van der Waals surface area contributed by atoms with Gasteiger partial charge in [0.15, 0.2) is 6.73 Å². The van der Waals surface area contributed by atoms with Crippen LogP contribution < -0.4 is 12.4 Å². The summed E-state index contributed by atoms with van der Waals surface area (Å²) in [5, 5.41) is 0. The van der Waals surface area contributed by atoms with Crippen molar-refractivity contribution in [3.8, 4) is 0 Å². The second-order valence-corrected chi connectivity index (χ2v) is 7.22. The molecular weight excluding hydrogens is 326 g/mol. The molecule has 0 saturated heterocycles. The highest BCUT2D eigenvalue weighted by atomic mass is 35.5. The van der Waals surface area contributed by atoms with Crippen molar-refractivity contribution < 1.29 is 31.2 Å². The first-order valence-corrected chi connectivity index (χ1v) is 9.51. The summed E-state index contributed by atoms with van der Waals surface area (Å²) in [6, 6.07) is 0. The molecule has 0 aliphatic heterocycles. The molecule has 146 valence electrons. The highest BCUT2D eigenvalue weighted by molar-refractivity contribution is 5.65. The molecule has 0 aromatic rings. The normalized spacial score (nSPS) is 11.2. The number of carbonyl (C=O) groups is 1. The Labute approximate surface area is 156 Å². The lowest BCUT2D eigenvalue weighted by Crippen LogP contribution is -3.00. The number of ether oxygens (including phenoxy) is 2. The van der Waals surface area contributed by atoms with Gasteiger partial charge in [0.2, 0.25) is 0 Å². The number of halogens is 1. The van der Waals surface area contributed by atoms with Gasteiger partial charge in [0.25, 0.3) is 0 Å². The first-order chi connectivity index (χ1) is 11.0. The number of likely N-dealkylation sites (N-methyl/N-ethyl adjacent to an activating group) is 1. The topological polar surface area (TPSA) is 35.5 Å². The van der Waals surface area contributed by atoms with Crippen LogP contribution in [0.3, 0.4) is 0 Å². The van der Waals surface area contributed by atoms with Crippen molar-refractivity contribution in [2.24, 2.45) is 0 Å². The number of unbranched alkanes of at least 4 members (excludes halogenated alkanes) is 9. The van der Waals surface area contributed by atoms with Crippen LogP contribution in [0.1, 0.15) is 78.1 Å². The largest absolute Gasteiger partial charge is 1.00 e. The number of quaternary nitrogens is 1. The molecule has 0 radical (unpaired) electrons. The third kappa shape index (κ3) is 19.7. The standard InChI is InChI=1S/C19H40NO3.ClH/c1-5-6-7-8-9-10-11-12-13-14-16-22-18-20(3,4)15-17-23-19(2)21;/h5-18H2,1-4H3;1H/q+1;/p-1. The number of carbonyl (C=O) groups excluding carboxylic acids is 1. The monoisotopic (exact) mass is 365 g/mol. The lowest BCUT2D eigenvalue weighted by Gasteiger charge is -2.28. The summed E-state index contributed by atoms with van der Waals surface area (Å²) in [6.45, 7) is 6.48. The molecule has 0 aliphatic rings. The van der Waals surface area contributed by atoms with Gasteiger partial charge in [0.05, 0.1) is 20.7 Å². The minimum absolute atomic E-state index is 0. The Hall–Kier alpha value is -0.320. The zero-order valence-electron chi connectivity index (χ0n) is 16.4. The zero-order valence-corrected chi connectivity index (χ0v) is 17.2. The predicted molar refractivity (Wildman–Crippen MR) is 96.3 cm³/mol. The molecule has 0 spiro atoms. The third-order valence-corrected chi connectivity index (χ3v) is 4.08. The number of esters is 1. The zero-order chi connectivity index (χ0) is 17.4. The summed E-state index contributed by atoms with van der Waals surface area (Å²) in [4.78, 5) is 10.7. The van der Waals surface area contributed by atoms with E-state index >= 15 is 0 Å². The van der Waals surface area contributed by atoms with Crippen molar-refractivity contribution in [3.05, 3.63) is 0 Å². The fourth-order valence-electron chi connectivity index (χ4n) is 2.50. The van der Waals surface area contributed by atoms with Gasteiger partial charge in [0.1, 0.15) is 13.2 Å². The summed E-state index contributed by atoms with van der Waals surface area (Å²) in [7, 11) is 4.20. The van der Waals surface area contributed by atoms with Gasteiger partial charge in [-0.3, -0.25) is 4.79 Å². The second-order valence-electron chi connectivity index (χ2n) is 7.22. The molecule has 0 fully saturated rings. The van der Waals surface area contributed by atoms with Crippen molar-refractivity contribution in [3.63, 3.8) is 0 Å². The van der Waals surface area contributed by atoms with Crippen molar-refractivity contribution >= 4 is 5.97 Å². The molecule has 0 heterocycles. The van der Waals surface area contributed by atoms with E-state index in [1.165, 1.54) is 64.7 Å². The Morgan fingerprint density at radius 3 is 1.83 bits per heavy atom. The first kappa shape index (κ1) is 25.9. The van der Waals surface area contributed by atoms with Crippen LogP contribution in [0.2, 0.25) is 0 Å². The SMILES string of the molecule is CCCCCCCCCCCCOC[N+](C)(C)CCOC(C)=O.[Cl-]. The van der Waals surface area contributed by atoms with Gasteiger partial charge in [-0.25, -0.2) is 0 Å². The average molecular weight is 366 g/mol. The molecule has 5 heteroatoms. The van der Waals surface area contributed by atoms with Crippen molar-refractivity contribution in [2.75, 3.05) is 40.6 Å². The molecule has 0 bridgehead atoms. The minimum Gasteiger partial charge on any atom is -1.00 e. The maximum Gasteiger partial charge on any atom is 0.302 e. The summed E-state index contributed by atoms with van der Waals surface area (Å²) in [6.07, 6.45) is 13.5. The molecule has 0 saturated carbocycles. The van der Waals surface area contributed by atoms with Crippen molar-refractivity contribution in [1.82, 2.24) is 0 Å². The van der Waals surface area contributed by atoms with Crippen molar-refractivity contribution in [1.29, 1.82) is 0 Å². The van der Waals surface area contributed by atoms with Gasteiger partial charge in [0, 0.05) is 6.92 Å². The molecule has 24 heavy (non-hydrogen) atoms. The summed E-state index contributed by atoms with van der Waals surface area (Å²) in [5.74, 6) is -0.212. The van der Waals surface area contributed by atoms with Gasteiger partial charge in [-0.2, -0.15) is 0 Å². The van der Waals surface area contributed by atoms with E-state index in [-0.39, 0.29) is 18.4 Å². The molecule has 0 amide bonds. The van der Waals surface area contributed by atoms with Gasteiger partial charge in [-0.15, -0.1) is 0 Å². The molecule has 0 N–H and O–H groups in total. The average Bonchev–Trinajstić information content (AvgIpc) is 2.47. The lowest BCUT2D eigenvalue weighted by atomic mass is 10.1. The van der Waals surface area contributed by atoms with E-state index in [9.17, 15) is 4.79 Å². The molecule has 0 atom stereocenters. The van der Waals surface area contributed by atoms with E-state index in [0.717, 1.165) is 24.1 Å². The number of rotatable bonds is 16. The van der Waals surface area contributed by atoms with E-state index < -0.39 is 0 Å². The molecule has 0 rings (SSSR count). The van der Waals surface area contributed by atoms with Crippen LogP contribution in [0.25, 0.3) is 0 Å². The molecule has 0 aromatic carbocycles. The fraction of sp³-hybridized carbons (Fsp3) is 0.947. The highest BCUT2D eigenvalue weighted by Gasteiger charge is 2.15. The summed E-state index contributed by atoms with van der Waals surface area (Å²) >= 11 is 0. The van der Waals surface area contributed by atoms with Crippen LogP contribution >= 0.6 is 0 Å². The Bertz CT molecular complexity index is 286. The van der Waals surface area contributed by atoms with E-state index in [2.05, 4.69) is 21.0 Å². The van der Waals surface area contributed by atoms with Crippen LogP contribution in [0.4, 0.5) is 0 Å². The molecular formula is C19H40ClNO3. The van der Waals surface area contributed by atoms with E-state index in [0.29, 0.717) is 13.3 Å². The molecule has 0 aromatic heterocycles. The lowest BCUT2D eigenvalue weighted by molar-refractivity contribution is -0.909. The summed E-state index contributed by atoms with van der Waals surface area (Å²) < 4.78 is 11.5. The Morgan fingerprint density at radius 1 is 0.833 bits per heavy atom. The van der Waals surface area contributed by atoms with Gasteiger partial charge < -0.3 is 26.4 Å². The van der Waals surface area contributed by atoms with Gasteiger partial charge in [-0.05, 0) is 6.42 Å². The Kier molecular flexibility index (Phi) is 18.9. The Morgan fingerprint density at radius 2 is 1.33 bits per heavy atom. The van der Waals surface area contributed by atoms with E-state index in [1.807, 2.05) is 0 Å². The van der Waals surface area contributed by atoms with Crippen LogP contribution in [-0.4, -0.2) is 51.0 Å². The number of nitrogens with zero attached hydrogens (tertiary/aromatic N) is 1. The predicted octanol–water partition coefficient (Wildman–Crippen LogP) is 1.52. The first-order valence-electron chi connectivity index (χ1n) is 9.51. The third-order valence-electron chi connectivity index (χ3n) is 4.08. The van der Waals surface area contributed by atoms with E-state index in [1.54, 1.807) is 0 Å². The van der Waals surface area contributed by atoms with Crippen LogP contribution in [0, 0.1) is 0 Å². The van der Waals surface area contributed by atoms with E-state index in [4.69, 9.17) is 9.47 Å². The molecule has 0 aliphatic carbocycles. The summed E-state index contributed by atoms with van der Waals surface area (Å²) in [5.41, 5.74) is 0. The molecule has 4 nitrogen and oxygen atoms in total.